The quantitative estimate of drug-likeness (QED) is 0.373. The number of ether oxygens (including phenoxy) is 3. The molecule has 6 nitrogen and oxygen atoms in total. The Morgan fingerprint density at radius 3 is 2.67 bits per heavy atom. The average molecular weight is 407 g/mol. The highest BCUT2D eigenvalue weighted by Crippen LogP contribution is 2.29. The third-order valence-corrected chi connectivity index (χ3v) is 4.40. The van der Waals surface area contributed by atoms with Gasteiger partial charge in [0.15, 0.2) is 11.5 Å². The lowest BCUT2D eigenvalue weighted by atomic mass is 10.2. The SMILES string of the molecule is CCOC(=O)C=Cc1ccc(OCCc2nc(-c3ccccc3)oc2C)c(OC)c1. The number of benzene rings is 2. The van der Waals surface area contributed by atoms with Gasteiger partial charge in [-0.05, 0) is 49.8 Å². The normalized spacial score (nSPS) is 10.9. The molecule has 0 fully saturated rings. The molecule has 6 heteroatoms. The molecular formula is C24H25NO5. The number of hydrogen-bond donors (Lipinski definition) is 0. The highest BCUT2D eigenvalue weighted by molar-refractivity contribution is 5.87. The van der Waals surface area contributed by atoms with E-state index in [0.717, 1.165) is 22.6 Å². The van der Waals surface area contributed by atoms with Gasteiger partial charge >= 0.3 is 5.97 Å². The zero-order valence-electron chi connectivity index (χ0n) is 17.4. The summed E-state index contributed by atoms with van der Waals surface area (Å²) < 4.78 is 22.0. The van der Waals surface area contributed by atoms with Crippen LogP contribution >= 0.6 is 0 Å². The summed E-state index contributed by atoms with van der Waals surface area (Å²) >= 11 is 0. The van der Waals surface area contributed by atoms with Crippen LogP contribution in [0.4, 0.5) is 0 Å². The number of nitrogens with zero attached hydrogens (tertiary/aromatic N) is 1. The molecule has 0 aliphatic carbocycles. The smallest absolute Gasteiger partial charge is 0.330 e. The second kappa shape index (κ2) is 10.3. The van der Waals surface area contributed by atoms with Crippen molar-refractivity contribution in [3.63, 3.8) is 0 Å². The minimum atomic E-state index is -0.380. The number of carbonyl (C=O) groups is 1. The van der Waals surface area contributed by atoms with Crippen molar-refractivity contribution in [3.05, 3.63) is 71.6 Å². The maximum absolute atomic E-state index is 11.5. The molecule has 30 heavy (non-hydrogen) atoms. The van der Waals surface area contributed by atoms with Gasteiger partial charge in [0.25, 0.3) is 0 Å². The van der Waals surface area contributed by atoms with Crippen LogP contribution in [0.15, 0.2) is 59.0 Å². The Morgan fingerprint density at radius 2 is 1.93 bits per heavy atom. The molecule has 0 aliphatic heterocycles. The molecule has 0 atom stereocenters. The molecule has 0 aliphatic rings. The van der Waals surface area contributed by atoms with Crippen molar-refractivity contribution < 1.29 is 23.4 Å². The Balaban J connectivity index is 1.62. The number of hydrogen-bond acceptors (Lipinski definition) is 6. The number of rotatable bonds is 9. The molecular weight excluding hydrogens is 382 g/mol. The molecule has 0 radical (unpaired) electrons. The zero-order chi connectivity index (χ0) is 21.3. The van der Waals surface area contributed by atoms with Crippen LogP contribution in [0.5, 0.6) is 11.5 Å². The lowest BCUT2D eigenvalue weighted by Crippen LogP contribution is -2.04. The number of oxazole rings is 1. The van der Waals surface area contributed by atoms with Gasteiger partial charge in [-0.1, -0.05) is 24.3 Å². The third-order valence-electron chi connectivity index (χ3n) is 4.40. The van der Waals surface area contributed by atoms with E-state index in [1.165, 1.54) is 6.08 Å². The van der Waals surface area contributed by atoms with Crippen LogP contribution in [0.1, 0.15) is 23.9 Å². The molecule has 0 amide bonds. The molecule has 2 aromatic carbocycles. The standard InChI is InChI=1S/C24H25NO5/c1-4-28-23(26)13-11-18-10-12-21(22(16-18)27-3)29-15-14-20-17(2)30-24(25-20)19-8-6-5-7-9-19/h5-13,16H,4,14-15H2,1-3H3. The van der Waals surface area contributed by atoms with Gasteiger partial charge in [-0.3, -0.25) is 0 Å². The van der Waals surface area contributed by atoms with Crippen LogP contribution in [0.25, 0.3) is 17.5 Å². The summed E-state index contributed by atoms with van der Waals surface area (Å²) in [6.45, 7) is 4.44. The minimum absolute atomic E-state index is 0.344. The summed E-state index contributed by atoms with van der Waals surface area (Å²) in [5.41, 5.74) is 2.62. The van der Waals surface area contributed by atoms with Crippen molar-refractivity contribution in [1.29, 1.82) is 0 Å². The first-order chi connectivity index (χ1) is 14.6. The van der Waals surface area contributed by atoms with E-state index in [4.69, 9.17) is 18.6 Å². The van der Waals surface area contributed by atoms with Crippen molar-refractivity contribution in [1.82, 2.24) is 4.98 Å². The number of carbonyl (C=O) groups excluding carboxylic acids is 1. The fourth-order valence-corrected chi connectivity index (χ4v) is 2.88. The summed E-state index contributed by atoms with van der Waals surface area (Å²) in [4.78, 5) is 16.0. The lowest BCUT2D eigenvalue weighted by molar-refractivity contribution is -0.137. The molecule has 0 N–H and O–H groups in total. The number of aryl methyl sites for hydroxylation is 1. The van der Waals surface area contributed by atoms with Crippen molar-refractivity contribution in [2.24, 2.45) is 0 Å². The van der Waals surface area contributed by atoms with Gasteiger partial charge in [-0.15, -0.1) is 0 Å². The molecule has 156 valence electrons. The second-order valence-electron chi connectivity index (χ2n) is 6.48. The van der Waals surface area contributed by atoms with Gasteiger partial charge in [0.2, 0.25) is 5.89 Å². The van der Waals surface area contributed by atoms with Gasteiger partial charge in [-0.2, -0.15) is 0 Å². The van der Waals surface area contributed by atoms with Crippen LogP contribution in [-0.2, 0) is 16.0 Å². The van der Waals surface area contributed by atoms with Gasteiger partial charge in [0, 0.05) is 18.1 Å². The highest BCUT2D eigenvalue weighted by Gasteiger charge is 2.12. The minimum Gasteiger partial charge on any atom is -0.493 e. The van der Waals surface area contributed by atoms with E-state index in [0.29, 0.717) is 37.0 Å². The van der Waals surface area contributed by atoms with Crippen LogP contribution in [0.3, 0.4) is 0 Å². The first-order valence-electron chi connectivity index (χ1n) is 9.78. The van der Waals surface area contributed by atoms with E-state index in [1.54, 1.807) is 26.2 Å². The second-order valence-corrected chi connectivity index (χ2v) is 6.48. The maximum atomic E-state index is 11.5. The summed E-state index contributed by atoms with van der Waals surface area (Å²) in [6, 6.07) is 15.3. The van der Waals surface area contributed by atoms with Gasteiger partial charge < -0.3 is 18.6 Å². The predicted molar refractivity (Wildman–Crippen MR) is 115 cm³/mol. The van der Waals surface area contributed by atoms with Crippen molar-refractivity contribution in [2.75, 3.05) is 20.3 Å². The van der Waals surface area contributed by atoms with E-state index >= 15 is 0 Å². The fraction of sp³-hybridized carbons (Fsp3) is 0.250. The molecule has 3 aromatic rings. The van der Waals surface area contributed by atoms with E-state index < -0.39 is 0 Å². The molecule has 0 unspecified atom stereocenters. The molecule has 0 spiro atoms. The summed E-state index contributed by atoms with van der Waals surface area (Å²) in [5, 5.41) is 0. The van der Waals surface area contributed by atoms with Crippen LogP contribution < -0.4 is 9.47 Å². The highest BCUT2D eigenvalue weighted by atomic mass is 16.5. The number of esters is 1. The van der Waals surface area contributed by atoms with E-state index in [-0.39, 0.29) is 5.97 Å². The fourth-order valence-electron chi connectivity index (χ4n) is 2.88. The Kier molecular flexibility index (Phi) is 7.27. The van der Waals surface area contributed by atoms with Crippen LogP contribution in [-0.4, -0.2) is 31.3 Å². The van der Waals surface area contributed by atoms with Crippen molar-refractivity contribution in [2.45, 2.75) is 20.3 Å². The molecule has 1 aromatic heterocycles. The van der Waals surface area contributed by atoms with Gasteiger partial charge in [0.1, 0.15) is 5.76 Å². The largest absolute Gasteiger partial charge is 0.493 e. The van der Waals surface area contributed by atoms with E-state index in [9.17, 15) is 4.79 Å². The topological polar surface area (TPSA) is 70.8 Å². The van der Waals surface area contributed by atoms with Crippen LogP contribution in [0.2, 0.25) is 0 Å². The van der Waals surface area contributed by atoms with Crippen molar-refractivity contribution in [3.8, 4) is 23.0 Å². The lowest BCUT2D eigenvalue weighted by Gasteiger charge is -2.11. The monoisotopic (exact) mass is 407 g/mol. The number of aromatic nitrogens is 1. The summed E-state index contributed by atoms with van der Waals surface area (Å²) in [7, 11) is 1.58. The molecule has 0 saturated heterocycles. The number of methoxy groups -OCH3 is 1. The maximum Gasteiger partial charge on any atom is 0.330 e. The molecule has 3 rings (SSSR count). The van der Waals surface area contributed by atoms with E-state index in [2.05, 4.69) is 4.98 Å². The summed E-state index contributed by atoms with van der Waals surface area (Å²) in [5.74, 6) is 2.22. The molecule has 0 bridgehead atoms. The molecule has 0 saturated carbocycles. The first-order valence-corrected chi connectivity index (χ1v) is 9.78. The Hall–Kier alpha value is -3.54. The van der Waals surface area contributed by atoms with Crippen LogP contribution in [0, 0.1) is 6.92 Å². The summed E-state index contributed by atoms with van der Waals surface area (Å²) in [6.07, 6.45) is 3.67. The van der Waals surface area contributed by atoms with Gasteiger partial charge in [-0.25, -0.2) is 9.78 Å². The predicted octanol–water partition coefficient (Wildman–Crippen LogP) is 4.86. The molecule has 1 heterocycles. The average Bonchev–Trinajstić information content (AvgIpc) is 3.14. The van der Waals surface area contributed by atoms with Gasteiger partial charge in [0.05, 0.1) is 26.0 Å². The Morgan fingerprint density at radius 1 is 1.13 bits per heavy atom. The first kappa shape index (κ1) is 21.2. The Labute approximate surface area is 176 Å². The van der Waals surface area contributed by atoms with E-state index in [1.807, 2.05) is 49.4 Å². The Bertz CT molecular complexity index is 1010. The third kappa shape index (κ3) is 5.50. The zero-order valence-corrected chi connectivity index (χ0v) is 17.4. The van der Waals surface area contributed by atoms with Crippen molar-refractivity contribution >= 4 is 12.0 Å².